The van der Waals surface area contributed by atoms with E-state index >= 15 is 0 Å². The van der Waals surface area contributed by atoms with E-state index in [9.17, 15) is 5.11 Å². The van der Waals surface area contributed by atoms with Crippen molar-refractivity contribution in [2.75, 3.05) is 7.11 Å². The van der Waals surface area contributed by atoms with E-state index in [0.717, 1.165) is 22.4 Å². The summed E-state index contributed by atoms with van der Waals surface area (Å²) in [6, 6.07) is 18.9. The molecule has 0 aliphatic heterocycles. The van der Waals surface area contributed by atoms with Crippen molar-refractivity contribution in [1.29, 1.82) is 0 Å². The summed E-state index contributed by atoms with van der Waals surface area (Å²) in [6.07, 6.45) is 1.69. The van der Waals surface area contributed by atoms with Gasteiger partial charge in [-0.1, -0.05) is 24.3 Å². The second-order valence-electron chi connectivity index (χ2n) is 5.86. The number of aromatic nitrogens is 5. The fourth-order valence-electron chi connectivity index (χ4n) is 2.80. The number of nitrogens with zero attached hydrogens (tertiary/aromatic N) is 5. The molecule has 0 fully saturated rings. The lowest BCUT2D eigenvalue weighted by Crippen LogP contribution is -2.00. The van der Waals surface area contributed by atoms with Crippen LogP contribution in [0.2, 0.25) is 0 Å². The Kier molecular flexibility index (Phi) is 4.59. The molecule has 0 saturated carbocycles. The van der Waals surface area contributed by atoms with Gasteiger partial charge >= 0.3 is 0 Å². The van der Waals surface area contributed by atoms with Gasteiger partial charge < -0.3 is 9.84 Å². The Balaban J connectivity index is 1.70. The molecular formula is C20H17N5O2. The number of benzene rings is 2. The number of pyridine rings is 1. The van der Waals surface area contributed by atoms with Crippen molar-refractivity contribution in [3.63, 3.8) is 0 Å². The molecule has 0 saturated heterocycles. The molecule has 2 aromatic heterocycles. The lowest BCUT2D eigenvalue weighted by Gasteiger charge is -2.11. The molecule has 1 N–H and O–H groups in total. The Morgan fingerprint density at radius 2 is 1.96 bits per heavy atom. The quantitative estimate of drug-likeness (QED) is 0.590. The summed E-state index contributed by atoms with van der Waals surface area (Å²) in [5, 5.41) is 21.9. The molecule has 4 aromatic rings. The van der Waals surface area contributed by atoms with Crippen LogP contribution in [0.25, 0.3) is 28.3 Å². The number of methoxy groups -OCH3 is 1. The SMILES string of the molecule is COc1cc(-n2nnc(-c3ccccn3)n2)ccc1-c1cccc(CO)c1. The first-order valence-electron chi connectivity index (χ1n) is 8.38. The smallest absolute Gasteiger partial charge is 0.223 e. The van der Waals surface area contributed by atoms with Gasteiger partial charge in [0.1, 0.15) is 11.4 Å². The van der Waals surface area contributed by atoms with Gasteiger partial charge in [0.25, 0.3) is 0 Å². The molecule has 134 valence electrons. The molecular weight excluding hydrogens is 342 g/mol. The van der Waals surface area contributed by atoms with Crippen LogP contribution in [0.5, 0.6) is 5.75 Å². The average molecular weight is 359 g/mol. The van der Waals surface area contributed by atoms with Crippen molar-refractivity contribution in [1.82, 2.24) is 25.2 Å². The van der Waals surface area contributed by atoms with Gasteiger partial charge in [0.15, 0.2) is 0 Å². The second-order valence-corrected chi connectivity index (χ2v) is 5.86. The number of ether oxygens (including phenoxy) is 1. The fraction of sp³-hybridized carbons (Fsp3) is 0.100. The Labute approximate surface area is 155 Å². The number of rotatable bonds is 5. The minimum Gasteiger partial charge on any atom is -0.496 e. The summed E-state index contributed by atoms with van der Waals surface area (Å²) >= 11 is 0. The molecule has 2 heterocycles. The monoisotopic (exact) mass is 359 g/mol. The van der Waals surface area contributed by atoms with Crippen LogP contribution in [0.4, 0.5) is 0 Å². The first-order valence-corrected chi connectivity index (χ1v) is 8.38. The number of aliphatic hydroxyl groups excluding tert-OH is 1. The summed E-state index contributed by atoms with van der Waals surface area (Å²) in [6.45, 7) is -0.00653. The summed E-state index contributed by atoms with van der Waals surface area (Å²) in [5.74, 6) is 1.13. The summed E-state index contributed by atoms with van der Waals surface area (Å²) in [7, 11) is 1.62. The van der Waals surface area contributed by atoms with E-state index in [4.69, 9.17) is 4.74 Å². The molecule has 7 heteroatoms. The highest BCUT2D eigenvalue weighted by molar-refractivity contribution is 5.72. The molecule has 0 aliphatic carbocycles. The van der Waals surface area contributed by atoms with E-state index in [2.05, 4.69) is 20.4 Å². The number of hydrogen-bond acceptors (Lipinski definition) is 6. The molecule has 0 atom stereocenters. The average Bonchev–Trinajstić information content (AvgIpc) is 3.24. The van der Waals surface area contributed by atoms with Crippen LogP contribution in [0, 0.1) is 0 Å². The van der Waals surface area contributed by atoms with Crippen LogP contribution in [0.15, 0.2) is 66.9 Å². The van der Waals surface area contributed by atoms with E-state index in [1.165, 1.54) is 4.80 Å². The molecule has 0 amide bonds. The van der Waals surface area contributed by atoms with Crippen LogP contribution < -0.4 is 4.74 Å². The minimum absolute atomic E-state index is 0.00653. The van der Waals surface area contributed by atoms with Crippen molar-refractivity contribution >= 4 is 0 Å². The standard InChI is InChI=1S/C20H17N5O2/c1-27-19-12-16(8-9-17(19)15-6-4-5-14(11-15)13-26)25-23-20(22-24-25)18-7-2-3-10-21-18/h2-12,26H,13H2,1H3. The predicted molar refractivity (Wildman–Crippen MR) is 100 cm³/mol. The Bertz CT molecular complexity index is 1060. The van der Waals surface area contributed by atoms with E-state index in [-0.39, 0.29) is 6.61 Å². The third-order valence-electron chi connectivity index (χ3n) is 4.14. The van der Waals surface area contributed by atoms with Gasteiger partial charge in [-0.25, -0.2) is 0 Å². The van der Waals surface area contributed by atoms with Crippen molar-refractivity contribution in [3.05, 3.63) is 72.4 Å². The third-order valence-corrected chi connectivity index (χ3v) is 4.14. The van der Waals surface area contributed by atoms with Crippen LogP contribution in [-0.4, -0.2) is 37.4 Å². The van der Waals surface area contributed by atoms with Gasteiger partial charge in [0.05, 0.1) is 19.4 Å². The lowest BCUT2D eigenvalue weighted by atomic mass is 10.0. The molecule has 0 unspecified atom stereocenters. The van der Waals surface area contributed by atoms with Gasteiger partial charge in [-0.3, -0.25) is 4.98 Å². The maximum absolute atomic E-state index is 9.36. The van der Waals surface area contributed by atoms with Crippen LogP contribution >= 0.6 is 0 Å². The molecule has 4 rings (SSSR count). The van der Waals surface area contributed by atoms with Crippen molar-refractivity contribution in [3.8, 4) is 34.1 Å². The Morgan fingerprint density at radius 3 is 2.74 bits per heavy atom. The second kappa shape index (κ2) is 7.35. The van der Waals surface area contributed by atoms with Crippen molar-refractivity contribution in [2.45, 2.75) is 6.61 Å². The maximum atomic E-state index is 9.36. The molecule has 27 heavy (non-hydrogen) atoms. The van der Waals surface area contributed by atoms with E-state index in [0.29, 0.717) is 17.3 Å². The maximum Gasteiger partial charge on any atom is 0.223 e. The molecule has 0 bridgehead atoms. The largest absolute Gasteiger partial charge is 0.496 e. The zero-order valence-corrected chi connectivity index (χ0v) is 14.6. The lowest BCUT2D eigenvalue weighted by molar-refractivity contribution is 0.282. The topological polar surface area (TPSA) is 86.0 Å². The number of aliphatic hydroxyl groups is 1. The third kappa shape index (κ3) is 3.40. The molecule has 0 aliphatic rings. The number of hydrogen-bond donors (Lipinski definition) is 1. The summed E-state index contributed by atoms with van der Waals surface area (Å²) in [5.41, 5.74) is 4.11. The van der Waals surface area contributed by atoms with E-state index in [1.807, 2.05) is 60.7 Å². The Morgan fingerprint density at radius 1 is 1.04 bits per heavy atom. The summed E-state index contributed by atoms with van der Waals surface area (Å²) < 4.78 is 5.56. The molecule has 0 radical (unpaired) electrons. The van der Waals surface area contributed by atoms with Crippen LogP contribution in [0.1, 0.15) is 5.56 Å². The first kappa shape index (κ1) is 16.9. The molecule has 2 aromatic carbocycles. The van der Waals surface area contributed by atoms with E-state index < -0.39 is 0 Å². The Hall–Kier alpha value is -3.58. The predicted octanol–water partition coefficient (Wildman–Crippen LogP) is 2.89. The zero-order valence-electron chi connectivity index (χ0n) is 14.6. The molecule has 0 spiro atoms. The highest BCUT2D eigenvalue weighted by Gasteiger charge is 2.12. The highest BCUT2D eigenvalue weighted by atomic mass is 16.5. The van der Waals surface area contributed by atoms with E-state index in [1.54, 1.807) is 13.3 Å². The van der Waals surface area contributed by atoms with Gasteiger partial charge in [-0.15, -0.1) is 15.0 Å². The van der Waals surface area contributed by atoms with Gasteiger partial charge in [-0.2, -0.15) is 0 Å². The van der Waals surface area contributed by atoms with Gasteiger partial charge in [0, 0.05) is 17.8 Å². The summed E-state index contributed by atoms with van der Waals surface area (Å²) in [4.78, 5) is 5.68. The zero-order chi connectivity index (χ0) is 18.6. The highest BCUT2D eigenvalue weighted by Crippen LogP contribution is 2.32. The number of tetrazole rings is 1. The normalized spacial score (nSPS) is 10.7. The van der Waals surface area contributed by atoms with Crippen molar-refractivity contribution < 1.29 is 9.84 Å². The van der Waals surface area contributed by atoms with Crippen molar-refractivity contribution in [2.24, 2.45) is 0 Å². The van der Waals surface area contributed by atoms with Crippen LogP contribution in [0.3, 0.4) is 0 Å². The first-order chi connectivity index (χ1) is 13.3. The molecule has 7 nitrogen and oxygen atoms in total. The van der Waals surface area contributed by atoms with Gasteiger partial charge in [-0.05, 0) is 46.7 Å². The fourth-order valence-corrected chi connectivity index (χ4v) is 2.80. The van der Waals surface area contributed by atoms with Gasteiger partial charge in [0.2, 0.25) is 5.82 Å². The minimum atomic E-state index is -0.00653. The van der Waals surface area contributed by atoms with Crippen LogP contribution in [-0.2, 0) is 6.61 Å².